The minimum atomic E-state index is -0.237. The van der Waals surface area contributed by atoms with Crippen LogP contribution in [0.2, 0.25) is 0 Å². The van der Waals surface area contributed by atoms with Gasteiger partial charge >= 0.3 is 0 Å². The van der Waals surface area contributed by atoms with Crippen molar-refractivity contribution in [3.05, 3.63) is 41.7 Å². The number of aromatic nitrogens is 3. The number of carbonyl (C=O) groups excluding carboxylic acids is 1. The van der Waals surface area contributed by atoms with Gasteiger partial charge in [0, 0.05) is 5.54 Å². The Kier molecular flexibility index (Phi) is 7.44. The number of amides is 1. The highest BCUT2D eigenvalue weighted by Crippen LogP contribution is 2.26. The quantitative estimate of drug-likeness (QED) is 0.702. The van der Waals surface area contributed by atoms with Gasteiger partial charge in [-0.05, 0) is 46.9 Å². The molecule has 0 bridgehead atoms. The van der Waals surface area contributed by atoms with E-state index in [1.165, 1.54) is 17.3 Å². The van der Waals surface area contributed by atoms with Crippen molar-refractivity contribution >= 4 is 17.7 Å². The van der Waals surface area contributed by atoms with E-state index in [-0.39, 0.29) is 17.5 Å². The van der Waals surface area contributed by atoms with E-state index in [0.717, 1.165) is 17.4 Å². The van der Waals surface area contributed by atoms with Crippen molar-refractivity contribution in [3.63, 3.8) is 0 Å². The third-order valence-corrected chi connectivity index (χ3v) is 5.05. The van der Waals surface area contributed by atoms with E-state index >= 15 is 0 Å². The van der Waals surface area contributed by atoms with E-state index in [1.807, 2.05) is 39.0 Å². The topological polar surface area (TPSA) is 63.1 Å². The number of nitrogens with zero attached hydrogens (tertiary/aromatic N) is 4. The highest BCUT2D eigenvalue weighted by molar-refractivity contribution is 7.99. The molecule has 1 aromatic heterocycles. The molecule has 1 heterocycles. The van der Waals surface area contributed by atoms with Crippen molar-refractivity contribution in [2.75, 3.05) is 19.8 Å². The number of benzene rings is 1. The van der Waals surface area contributed by atoms with Crippen molar-refractivity contribution in [2.24, 2.45) is 0 Å². The second kappa shape index (κ2) is 9.37. The van der Waals surface area contributed by atoms with Gasteiger partial charge in [0.05, 0.1) is 18.3 Å². The average molecular weight is 390 g/mol. The molecule has 6 nitrogen and oxygen atoms in total. The maximum Gasteiger partial charge on any atom is 0.230 e. The van der Waals surface area contributed by atoms with Crippen LogP contribution in [0, 0.1) is 0 Å². The lowest BCUT2D eigenvalue weighted by Gasteiger charge is -2.23. The molecule has 0 saturated carbocycles. The van der Waals surface area contributed by atoms with E-state index in [9.17, 15) is 4.79 Å². The van der Waals surface area contributed by atoms with Gasteiger partial charge in [0.1, 0.15) is 0 Å². The van der Waals surface area contributed by atoms with Gasteiger partial charge in [0.2, 0.25) is 5.91 Å². The fraction of sp³-hybridized carbons (Fsp3) is 0.550. The van der Waals surface area contributed by atoms with E-state index in [0.29, 0.717) is 12.3 Å². The zero-order chi connectivity index (χ0) is 20.0. The van der Waals surface area contributed by atoms with Crippen molar-refractivity contribution in [3.8, 4) is 0 Å². The molecule has 0 unspecified atom stereocenters. The number of hydrogen-bond acceptors (Lipinski definition) is 5. The van der Waals surface area contributed by atoms with E-state index < -0.39 is 0 Å². The third kappa shape index (κ3) is 6.36. The summed E-state index contributed by atoms with van der Waals surface area (Å²) >= 11 is 1.43. The molecule has 0 spiro atoms. The van der Waals surface area contributed by atoms with Crippen molar-refractivity contribution in [1.82, 2.24) is 25.0 Å². The molecule has 2 rings (SSSR count). The lowest BCUT2D eigenvalue weighted by atomic mass is 10.1. The van der Waals surface area contributed by atoms with Crippen LogP contribution < -0.4 is 5.32 Å². The Balaban J connectivity index is 2.25. The molecule has 0 saturated heterocycles. The smallest absolute Gasteiger partial charge is 0.230 e. The first-order valence-corrected chi connectivity index (χ1v) is 10.3. The summed E-state index contributed by atoms with van der Waals surface area (Å²) in [5.41, 5.74) is 0.951. The highest BCUT2D eigenvalue weighted by atomic mass is 32.2. The molecule has 1 amide bonds. The summed E-state index contributed by atoms with van der Waals surface area (Å²) in [6.07, 6.45) is 0.940. The molecule has 148 valence electrons. The first-order valence-electron chi connectivity index (χ1n) is 9.28. The SMILES string of the molecule is CC[C@H](c1nnc(SCC(=O)NC(C)(C)C)n1Cc1ccccc1)N(C)C. The number of rotatable bonds is 8. The Hall–Kier alpha value is -1.86. The molecule has 0 radical (unpaired) electrons. The predicted molar refractivity (Wildman–Crippen MR) is 111 cm³/mol. The van der Waals surface area contributed by atoms with Crippen molar-refractivity contribution in [2.45, 2.75) is 57.4 Å². The molecule has 1 aromatic carbocycles. The highest BCUT2D eigenvalue weighted by Gasteiger charge is 2.23. The predicted octanol–water partition coefficient (Wildman–Crippen LogP) is 3.35. The van der Waals surface area contributed by atoms with Gasteiger partial charge in [-0.25, -0.2) is 0 Å². The average Bonchev–Trinajstić information content (AvgIpc) is 2.95. The minimum Gasteiger partial charge on any atom is -0.351 e. The summed E-state index contributed by atoms with van der Waals surface area (Å²) in [5, 5.41) is 12.6. The summed E-state index contributed by atoms with van der Waals surface area (Å²) in [6, 6.07) is 10.5. The number of carbonyl (C=O) groups is 1. The van der Waals surface area contributed by atoms with Crippen LogP contribution in [0.5, 0.6) is 0 Å². The van der Waals surface area contributed by atoms with E-state index in [1.54, 1.807) is 0 Å². The Morgan fingerprint density at radius 3 is 2.44 bits per heavy atom. The molecular formula is C20H31N5OS. The van der Waals surface area contributed by atoms with E-state index in [2.05, 4.69) is 58.1 Å². The zero-order valence-electron chi connectivity index (χ0n) is 17.2. The first kappa shape index (κ1) is 21.4. The summed E-state index contributed by atoms with van der Waals surface area (Å²) in [6.45, 7) is 8.78. The fourth-order valence-electron chi connectivity index (χ4n) is 2.93. The van der Waals surface area contributed by atoms with Crippen LogP contribution in [-0.2, 0) is 11.3 Å². The Bertz CT molecular complexity index is 737. The lowest BCUT2D eigenvalue weighted by Crippen LogP contribution is -2.41. The Labute approximate surface area is 166 Å². The van der Waals surface area contributed by atoms with Gasteiger partial charge in [0.25, 0.3) is 0 Å². The van der Waals surface area contributed by atoms with Gasteiger partial charge in [0.15, 0.2) is 11.0 Å². The first-order chi connectivity index (χ1) is 12.7. The van der Waals surface area contributed by atoms with Crippen molar-refractivity contribution in [1.29, 1.82) is 0 Å². The molecule has 0 aliphatic heterocycles. The largest absolute Gasteiger partial charge is 0.351 e. The third-order valence-electron chi connectivity index (χ3n) is 4.08. The molecular weight excluding hydrogens is 358 g/mol. The lowest BCUT2D eigenvalue weighted by molar-refractivity contribution is -0.119. The zero-order valence-corrected chi connectivity index (χ0v) is 18.0. The summed E-state index contributed by atoms with van der Waals surface area (Å²) in [5.74, 6) is 1.26. The van der Waals surface area contributed by atoms with Gasteiger partial charge in [-0.15, -0.1) is 10.2 Å². The second-order valence-electron chi connectivity index (χ2n) is 7.89. The molecule has 0 aliphatic carbocycles. The van der Waals surface area contributed by atoms with Crippen LogP contribution in [0.25, 0.3) is 0 Å². The van der Waals surface area contributed by atoms with Crippen LogP contribution in [0.15, 0.2) is 35.5 Å². The molecule has 0 fully saturated rings. The molecule has 7 heteroatoms. The van der Waals surface area contributed by atoms with Gasteiger partial charge in [-0.1, -0.05) is 49.0 Å². The Morgan fingerprint density at radius 2 is 1.89 bits per heavy atom. The summed E-state index contributed by atoms with van der Waals surface area (Å²) in [7, 11) is 4.11. The van der Waals surface area contributed by atoms with E-state index in [4.69, 9.17) is 0 Å². The van der Waals surface area contributed by atoms with Crippen LogP contribution in [-0.4, -0.2) is 51.0 Å². The van der Waals surface area contributed by atoms with Crippen LogP contribution >= 0.6 is 11.8 Å². The maximum absolute atomic E-state index is 12.2. The Morgan fingerprint density at radius 1 is 1.22 bits per heavy atom. The standard InChI is InChI=1S/C20H31N5OS/c1-7-16(24(5)6)18-22-23-19(27-14-17(26)21-20(2,3)4)25(18)13-15-11-9-8-10-12-15/h8-12,16H,7,13-14H2,1-6H3,(H,21,26)/t16-/m1/s1. The minimum absolute atomic E-state index is 0.00274. The summed E-state index contributed by atoms with van der Waals surface area (Å²) < 4.78 is 2.14. The van der Waals surface area contributed by atoms with Crippen molar-refractivity contribution < 1.29 is 4.79 Å². The number of thioether (sulfide) groups is 1. The molecule has 1 N–H and O–H groups in total. The van der Waals surface area contributed by atoms with Gasteiger partial charge in [-0.3, -0.25) is 9.69 Å². The second-order valence-corrected chi connectivity index (χ2v) is 8.83. The number of hydrogen-bond donors (Lipinski definition) is 1. The fourth-order valence-corrected chi connectivity index (χ4v) is 3.68. The van der Waals surface area contributed by atoms with Gasteiger partial charge < -0.3 is 9.88 Å². The monoisotopic (exact) mass is 389 g/mol. The normalized spacial score (nSPS) is 13.0. The number of nitrogens with one attached hydrogen (secondary N) is 1. The molecule has 27 heavy (non-hydrogen) atoms. The molecule has 1 atom stereocenters. The van der Waals surface area contributed by atoms with Crippen LogP contribution in [0.3, 0.4) is 0 Å². The van der Waals surface area contributed by atoms with Gasteiger partial charge in [-0.2, -0.15) is 0 Å². The molecule has 2 aromatic rings. The van der Waals surface area contributed by atoms with Crippen LogP contribution in [0.1, 0.15) is 51.5 Å². The maximum atomic E-state index is 12.2. The summed E-state index contributed by atoms with van der Waals surface area (Å²) in [4.78, 5) is 14.4. The van der Waals surface area contributed by atoms with Crippen LogP contribution in [0.4, 0.5) is 0 Å². The molecule has 0 aliphatic rings.